The van der Waals surface area contributed by atoms with Crippen molar-refractivity contribution in [1.82, 2.24) is 14.9 Å². The highest BCUT2D eigenvalue weighted by atomic mass is 32.1. The van der Waals surface area contributed by atoms with E-state index in [0.29, 0.717) is 10.2 Å². The molecular formula is C15H17N3O6S. The van der Waals surface area contributed by atoms with Crippen LogP contribution in [0.2, 0.25) is 0 Å². The molecule has 0 bridgehead atoms. The predicted octanol–water partition coefficient (Wildman–Crippen LogP) is 0.891. The van der Waals surface area contributed by atoms with Crippen LogP contribution in [0.3, 0.4) is 0 Å². The molecule has 0 saturated heterocycles. The molecule has 2 aromatic rings. The first-order valence-corrected chi connectivity index (χ1v) is 8.22. The van der Waals surface area contributed by atoms with Gasteiger partial charge in [-0.15, -0.1) is 11.3 Å². The number of rotatable bonds is 5. The van der Waals surface area contributed by atoms with Gasteiger partial charge in [0.1, 0.15) is 11.4 Å². The summed E-state index contributed by atoms with van der Waals surface area (Å²) in [5, 5.41) is 2.36. The number of carbonyl (C=O) groups excluding carboxylic acids is 3. The third kappa shape index (κ3) is 4.41. The summed E-state index contributed by atoms with van der Waals surface area (Å²) in [5.74, 6) is -1.62. The van der Waals surface area contributed by atoms with E-state index >= 15 is 0 Å². The Hall–Kier alpha value is -2.75. The quantitative estimate of drug-likeness (QED) is 0.780. The molecule has 0 atom stereocenters. The molecule has 0 fully saturated rings. The summed E-state index contributed by atoms with van der Waals surface area (Å²) < 4.78 is 10.4. The van der Waals surface area contributed by atoms with Gasteiger partial charge in [-0.3, -0.25) is 24.3 Å². The molecule has 0 aliphatic carbocycles. The lowest BCUT2D eigenvalue weighted by Gasteiger charge is -2.07. The van der Waals surface area contributed by atoms with Gasteiger partial charge >= 0.3 is 12.1 Å². The van der Waals surface area contributed by atoms with Gasteiger partial charge in [0.15, 0.2) is 6.61 Å². The van der Waals surface area contributed by atoms with Gasteiger partial charge in [0, 0.05) is 4.88 Å². The number of hydrogen-bond acceptors (Lipinski definition) is 8. The number of carbonyl (C=O) groups is 3. The molecule has 0 aromatic carbocycles. The normalized spacial score (nSPS) is 10.5. The average molecular weight is 367 g/mol. The van der Waals surface area contributed by atoms with E-state index in [4.69, 9.17) is 4.74 Å². The van der Waals surface area contributed by atoms with Crippen LogP contribution in [-0.2, 0) is 25.6 Å². The fraction of sp³-hybridized carbons (Fsp3) is 0.400. The van der Waals surface area contributed by atoms with E-state index in [0.717, 1.165) is 15.0 Å². The summed E-state index contributed by atoms with van der Waals surface area (Å²) in [6.45, 7) is 4.37. The first-order chi connectivity index (χ1) is 11.8. The number of ether oxygens (including phenoxy) is 2. The zero-order valence-corrected chi connectivity index (χ0v) is 14.8. The van der Waals surface area contributed by atoms with E-state index < -0.39 is 24.6 Å². The van der Waals surface area contributed by atoms with Crippen molar-refractivity contribution in [2.45, 2.75) is 27.3 Å². The van der Waals surface area contributed by atoms with Crippen LogP contribution in [0.1, 0.15) is 17.4 Å². The Bertz CT molecular complexity index is 885. The Morgan fingerprint density at radius 2 is 2.00 bits per heavy atom. The van der Waals surface area contributed by atoms with E-state index in [1.54, 1.807) is 6.92 Å². The van der Waals surface area contributed by atoms with Crippen LogP contribution in [0.4, 0.5) is 4.79 Å². The molecule has 1 N–H and O–H groups in total. The molecule has 9 nitrogen and oxygen atoms in total. The maximum absolute atomic E-state index is 12.4. The van der Waals surface area contributed by atoms with Gasteiger partial charge < -0.3 is 9.47 Å². The van der Waals surface area contributed by atoms with E-state index in [-0.39, 0.29) is 18.7 Å². The largest absolute Gasteiger partial charge is 0.454 e. The van der Waals surface area contributed by atoms with Crippen molar-refractivity contribution in [3.05, 3.63) is 27.1 Å². The average Bonchev–Trinajstić information content (AvgIpc) is 2.84. The van der Waals surface area contributed by atoms with Crippen molar-refractivity contribution in [1.29, 1.82) is 0 Å². The summed E-state index contributed by atoms with van der Waals surface area (Å²) >= 11 is 1.41. The SMILES string of the molecule is CCOC(=O)NC(=O)COC(=O)Cn1cnc2sc(C)c(C)c2c1=O. The molecule has 134 valence electrons. The van der Waals surface area contributed by atoms with Gasteiger partial charge in [-0.05, 0) is 26.3 Å². The Balaban J connectivity index is 1.99. The van der Waals surface area contributed by atoms with Crippen molar-refractivity contribution in [2.75, 3.05) is 13.2 Å². The van der Waals surface area contributed by atoms with Crippen LogP contribution in [0.5, 0.6) is 0 Å². The number of aryl methyl sites for hydroxylation is 2. The van der Waals surface area contributed by atoms with Gasteiger partial charge in [0.25, 0.3) is 11.5 Å². The summed E-state index contributed by atoms with van der Waals surface area (Å²) in [4.78, 5) is 52.4. The lowest BCUT2D eigenvalue weighted by Crippen LogP contribution is -2.35. The van der Waals surface area contributed by atoms with Gasteiger partial charge in [0.2, 0.25) is 0 Å². The Morgan fingerprint density at radius 1 is 1.28 bits per heavy atom. The maximum atomic E-state index is 12.4. The minimum atomic E-state index is -0.919. The molecule has 10 heteroatoms. The summed E-state index contributed by atoms with van der Waals surface area (Å²) in [6.07, 6.45) is 0.345. The number of aromatic nitrogens is 2. The molecule has 0 aliphatic rings. The number of esters is 1. The Kier molecular flexibility index (Phi) is 5.86. The van der Waals surface area contributed by atoms with Gasteiger partial charge in [0.05, 0.1) is 18.3 Å². The van der Waals surface area contributed by atoms with Crippen LogP contribution >= 0.6 is 11.3 Å². The predicted molar refractivity (Wildman–Crippen MR) is 89.5 cm³/mol. The molecule has 0 unspecified atom stereocenters. The number of alkyl carbamates (subject to hydrolysis) is 1. The van der Waals surface area contributed by atoms with E-state index in [9.17, 15) is 19.2 Å². The van der Waals surface area contributed by atoms with E-state index in [1.165, 1.54) is 17.7 Å². The molecular weight excluding hydrogens is 350 g/mol. The highest BCUT2D eigenvalue weighted by Gasteiger charge is 2.15. The molecule has 2 rings (SSSR count). The maximum Gasteiger partial charge on any atom is 0.413 e. The van der Waals surface area contributed by atoms with Crippen LogP contribution < -0.4 is 10.9 Å². The highest BCUT2D eigenvalue weighted by Crippen LogP contribution is 2.25. The summed E-state index contributed by atoms with van der Waals surface area (Å²) in [7, 11) is 0. The Morgan fingerprint density at radius 3 is 2.68 bits per heavy atom. The molecule has 25 heavy (non-hydrogen) atoms. The van der Waals surface area contributed by atoms with Crippen molar-refractivity contribution >= 4 is 39.5 Å². The van der Waals surface area contributed by atoms with Crippen molar-refractivity contribution in [3.63, 3.8) is 0 Å². The minimum absolute atomic E-state index is 0.110. The first-order valence-electron chi connectivity index (χ1n) is 7.40. The number of thiophene rings is 1. The molecule has 0 saturated carbocycles. The third-order valence-electron chi connectivity index (χ3n) is 3.34. The lowest BCUT2D eigenvalue weighted by molar-refractivity contribution is -0.149. The second kappa shape index (κ2) is 7.88. The van der Waals surface area contributed by atoms with E-state index in [2.05, 4.69) is 9.72 Å². The zero-order chi connectivity index (χ0) is 18.6. The van der Waals surface area contributed by atoms with Crippen molar-refractivity contribution in [3.8, 4) is 0 Å². The molecule has 2 amide bonds. The number of imide groups is 1. The number of nitrogens with zero attached hydrogens (tertiary/aromatic N) is 2. The molecule has 0 aliphatic heterocycles. The number of fused-ring (bicyclic) bond motifs is 1. The van der Waals surface area contributed by atoms with Gasteiger partial charge in [-0.1, -0.05) is 0 Å². The standard InChI is InChI=1S/C15H17N3O6S/c1-4-23-15(22)17-10(19)6-24-11(20)5-18-7-16-13-12(14(18)21)8(2)9(3)25-13/h7H,4-6H2,1-3H3,(H,17,19,22). The lowest BCUT2D eigenvalue weighted by atomic mass is 10.2. The van der Waals surface area contributed by atoms with Crippen LogP contribution in [-0.4, -0.2) is 40.7 Å². The third-order valence-corrected chi connectivity index (χ3v) is 4.45. The topological polar surface area (TPSA) is 117 Å². The zero-order valence-electron chi connectivity index (χ0n) is 14.0. The van der Waals surface area contributed by atoms with Gasteiger partial charge in [-0.25, -0.2) is 9.78 Å². The first kappa shape index (κ1) is 18.6. The van der Waals surface area contributed by atoms with Crippen LogP contribution in [0.15, 0.2) is 11.1 Å². The molecule has 2 aromatic heterocycles. The second-order valence-electron chi connectivity index (χ2n) is 5.07. The number of hydrogen-bond donors (Lipinski definition) is 1. The van der Waals surface area contributed by atoms with Crippen LogP contribution in [0, 0.1) is 13.8 Å². The Labute approximate surface area is 146 Å². The number of amides is 2. The second-order valence-corrected chi connectivity index (χ2v) is 6.27. The van der Waals surface area contributed by atoms with Crippen LogP contribution in [0.25, 0.3) is 10.2 Å². The van der Waals surface area contributed by atoms with E-state index in [1.807, 2.05) is 19.2 Å². The fourth-order valence-corrected chi connectivity index (χ4v) is 3.02. The fourth-order valence-electron chi connectivity index (χ4n) is 2.03. The van der Waals surface area contributed by atoms with Gasteiger partial charge in [-0.2, -0.15) is 0 Å². The number of nitrogens with one attached hydrogen (secondary N) is 1. The van der Waals surface area contributed by atoms with Crippen molar-refractivity contribution in [2.24, 2.45) is 0 Å². The summed E-state index contributed by atoms with van der Waals surface area (Å²) in [5.41, 5.74) is 0.480. The smallest absolute Gasteiger partial charge is 0.413 e. The highest BCUT2D eigenvalue weighted by molar-refractivity contribution is 7.18. The molecule has 0 radical (unpaired) electrons. The minimum Gasteiger partial charge on any atom is -0.454 e. The monoisotopic (exact) mass is 367 g/mol. The summed E-state index contributed by atoms with van der Waals surface area (Å²) in [6, 6.07) is 0. The molecule has 0 spiro atoms. The van der Waals surface area contributed by atoms with Crippen molar-refractivity contribution < 1.29 is 23.9 Å². The molecule has 2 heterocycles.